The lowest BCUT2D eigenvalue weighted by molar-refractivity contribution is 0.0923. The minimum absolute atomic E-state index is 0.0782. The molecule has 1 aromatic carbocycles. The molecule has 6 nitrogen and oxygen atoms in total. The van der Waals surface area contributed by atoms with E-state index in [2.05, 4.69) is 20.7 Å². The van der Waals surface area contributed by atoms with E-state index < -0.39 is 6.10 Å². The normalized spacial score (nSPS) is 14.4. The Balaban J connectivity index is 2.08. The molecule has 1 heterocycles. The van der Waals surface area contributed by atoms with Gasteiger partial charge in [-0.3, -0.25) is 4.79 Å². The molecule has 2 rings (SSSR count). The number of nitrogens with zero attached hydrogens (tertiary/aromatic N) is 2. The number of hydrogen-bond donors (Lipinski definition) is 3. The predicted molar refractivity (Wildman–Crippen MR) is 67.1 cm³/mol. The summed E-state index contributed by atoms with van der Waals surface area (Å²) in [6.07, 6.45) is 0.0936. The van der Waals surface area contributed by atoms with E-state index in [1.54, 1.807) is 25.1 Å². The van der Waals surface area contributed by atoms with Crippen molar-refractivity contribution < 1.29 is 9.90 Å². The van der Waals surface area contributed by atoms with Gasteiger partial charge in [-0.2, -0.15) is 15.4 Å². The Bertz CT molecular complexity index is 550. The molecule has 2 aromatic rings. The predicted octanol–water partition coefficient (Wildman–Crippen LogP) is 0.847. The lowest BCUT2D eigenvalue weighted by Crippen LogP contribution is -2.34. The number of benzene rings is 1. The van der Waals surface area contributed by atoms with Crippen molar-refractivity contribution in [1.82, 2.24) is 20.7 Å². The molecule has 6 heteroatoms. The lowest BCUT2D eigenvalue weighted by atomic mass is 10.1. The van der Waals surface area contributed by atoms with E-state index in [1.165, 1.54) is 0 Å². The summed E-state index contributed by atoms with van der Waals surface area (Å²) in [6, 6.07) is 5.05. The largest absolute Gasteiger partial charge is 0.393 e. The molecular formula is C12H16N4O2. The van der Waals surface area contributed by atoms with Crippen LogP contribution >= 0.6 is 0 Å². The van der Waals surface area contributed by atoms with E-state index in [9.17, 15) is 9.90 Å². The highest BCUT2D eigenvalue weighted by atomic mass is 16.3. The molecule has 2 atom stereocenters. The number of fused-ring (bicyclic) bond motifs is 1. The smallest absolute Gasteiger partial charge is 0.251 e. The van der Waals surface area contributed by atoms with Crippen LogP contribution in [0.2, 0.25) is 0 Å². The molecule has 0 saturated carbocycles. The molecule has 3 N–H and O–H groups in total. The van der Waals surface area contributed by atoms with Crippen LogP contribution < -0.4 is 5.32 Å². The van der Waals surface area contributed by atoms with E-state index >= 15 is 0 Å². The van der Waals surface area contributed by atoms with Gasteiger partial charge < -0.3 is 10.4 Å². The molecule has 96 valence electrons. The monoisotopic (exact) mass is 248 g/mol. The van der Waals surface area contributed by atoms with Gasteiger partial charge in [0.05, 0.1) is 6.10 Å². The van der Waals surface area contributed by atoms with Gasteiger partial charge in [0.2, 0.25) is 0 Å². The highest BCUT2D eigenvalue weighted by molar-refractivity contribution is 5.97. The fourth-order valence-electron chi connectivity index (χ4n) is 1.86. The van der Waals surface area contributed by atoms with Crippen LogP contribution in [-0.2, 0) is 0 Å². The van der Waals surface area contributed by atoms with Crippen LogP contribution in [0.25, 0.3) is 11.0 Å². The highest BCUT2D eigenvalue weighted by Crippen LogP contribution is 2.11. The van der Waals surface area contributed by atoms with Crippen molar-refractivity contribution >= 4 is 16.9 Å². The van der Waals surface area contributed by atoms with Gasteiger partial charge in [-0.05, 0) is 38.5 Å². The maximum atomic E-state index is 12.0. The molecule has 0 saturated heterocycles. The van der Waals surface area contributed by atoms with Crippen LogP contribution in [-0.4, -0.2) is 38.6 Å². The first kappa shape index (κ1) is 12.5. The number of amides is 1. The van der Waals surface area contributed by atoms with E-state index in [0.29, 0.717) is 17.5 Å². The molecule has 18 heavy (non-hydrogen) atoms. The molecule has 0 spiro atoms. The van der Waals surface area contributed by atoms with Crippen molar-refractivity contribution in [2.75, 3.05) is 0 Å². The van der Waals surface area contributed by atoms with Gasteiger partial charge in [0.1, 0.15) is 11.0 Å². The summed E-state index contributed by atoms with van der Waals surface area (Å²) in [4.78, 5) is 12.0. The summed E-state index contributed by atoms with van der Waals surface area (Å²) in [5.74, 6) is -0.173. The summed E-state index contributed by atoms with van der Waals surface area (Å²) in [6.45, 7) is 3.56. The maximum Gasteiger partial charge on any atom is 0.251 e. The maximum absolute atomic E-state index is 12.0. The first-order chi connectivity index (χ1) is 8.56. The number of nitrogens with one attached hydrogen (secondary N) is 2. The topological polar surface area (TPSA) is 90.9 Å². The summed E-state index contributed by atoms with van der Waals surface area (Å²) in [7, 11) is 0. The molecule has 0 bridgehead atoms. The Morgan fingerprint density at radius 1 is 1.39 bits per heavy atom. The van der Waals surface area contributed by atoms with Crippen LogP contribution in [0.3, 0.4) is 0 Å². The second-order valence-electron chi connectivity index (χ2n) is 4.49. The molecule has 0 radical (unpaired) electrons. The van der Waals surface area contributed by atoms with Gasteiger partial charge in [0, 0.05) is 11.6 Å². The summed E-state index contributed by atoms with van der Waals surface area (Å²) in [5.41, 5.74) is 1.92. The van der Waals surface area contributed by atoms with Crippen LogP contribution in [0, 0.1) is 0 Å². The van der Waals surface area contributed by atoms with Gasteiger partial charge >= 0.3 is 0 Å². The first-order valence-electron chi connectivity index (χ1n) is 5.85. The van der Waals surface area contributed by atoms with Gasteiger partial charge in [-0.1, -0.05) is 0 Å². The second kappa shape index (κ2) is 5.14. The lowest BCUT2D eigenvalue weighted by Gasteiger charge is -2.15. The number of carbonyl (C=O) groups is 1. The fraction of sp³-hybridized carbons (Fsp3) is 0.417. The van der Waals surface area contributed by atoms with Crippen molar-refractivity contribution in [3.8, 4) is 0 Å². The summed E-state index contributed by atoms with van der Waals surface area (Å²) in [5, 5.41) is 22.4. The van der Waals surface area contributed by atoms with Gasteiger partial charge in [0.15, 0.2) is 0 Å². The Kier molecular flexibility index (Phi) is 3.57. The average Bonchev–Trinajstić information content (AvgIpc) is 2.74. The highest BCUT2D eigenvalue weighted by Gasteiger charge is 2.12. The Hall–Kier alpha value is -1.95. The number of aromatic nitrogens is 3. The third-order valence-corrected chi connectivity index (χ3v) is 2.65. The number of H-pyrrole nitrogens is 1. The third-order valence-electron chi connectivity index (χ3n) is 2.65. The molecule has 0 aliphatic heterocycles. The van der Waals surface area contributed by atoms with Gasteiger partial charge in [-0.25, -0.2) is 0 Å². The van der Waals surface area contributed by atoms with E-state index in [-0.39, 0.29) is 11.9 Å². The molecule has 2 unspecified atom stereocenters. The molecule has 1 aromatic heterocycles. The number of aliphatic hydroxyl groups excluding tert-OH is 1. The van der Waals surface area contributed by atoms with E-state index in [0.717, 1.165) is 5.52 Å². The quantitative estimate of drug-likeness (QED) is 0.748. The van der Waals surface area contributed by atoms with Crippen molar-refractivity contribution in [3.63, 3.8) is 0 Å². The third kappa shape index (κ3) is 2.84. The van der Waals surface area contributed by atoms with Crippen LogP contribution in [0.15, 0.2) is 18.2 Å². The zero-order valence-electron chi connectivity index (χ0n) is 10.3. The van der Waals surface area contributed by atoms with Crippen LogP contribution in [0.4, 0.5) is 0 Å². The number of aromatic amines is 1. The fourth-order valence-corrected chi connectivity index (χ4v) is 1.86. The van der Waals surface area contributed by atoms with Crippen LogP contribution in [0.5, 0.6) is 0 Å². The number of aliphatic hydroxyl groups is 1. The van der Waals surface area contributed by atoms with Crippen molar-refractivity contribution in [2.24, 2.45) is 0 Å². The van der Waals surface area contributed by atoms with E-state index in [1.807, 2.05) is 6.92 Å². The molecule has 1 amide bonds. The Morgan fingerprint density at radius 3 is 2.83 bits per heavy atom. The van der Waals surface area contributed by atoms with Crippen molar-refractivity contribution in [1.29, 1.82) is 0 Å². The van der Waals surface area contributed by atoms with Crippen molar-refractivity contribution in [3.05, 3.63) is 23.8 Å². The van der Waals surface area contributed by atoms with Crippen LogP contribution in [0.1, 0.15) is 30.6 Å². The number of hydrogen-bond acceptors (Lipinski definition) is 4. The minimum atomic E-state index is -0.432. The second-order valence-corrected chi connectivity index (χ2v) is 4.49. The summed E-state index contributed by atoms with van der Waals surface area (Å²) >= 11 is 0. The zero-order valence-corrected chi connectivity index (χ0v) is 10.3. The summed E-state index contributed by atoms with van der Waals surface area (Å²) < 4.78 is 0. The zero-order chi connectivity index (χ0) is 13.1. The Morgan fingerprint density at radius 2 is 2.11 bits per heavy atom. The van der Waals surface area contributed by atoms with Gasteiger partial charge in [0.25, 0.3) is 5.91 Å². The molecule has 0 aliphatic rings. The number of rotatable bonds is 4. The molecule has 0 fully saturated rings. The van der Waals surface area contributed by atoms with Crippen molar-refractivity contribution in [2.45, 2.75) is 32.4 Å². The average molecular weight is 248 g/mol. The Labute approximate surface area is 104 Å². The van der Waals surface area contributed by atoms with E-state index in [4.69, 9.17) is 0 Å². The standard InChI is InChI=1S/C12H16N4O2/c1-7(5-8(2)17)13-12(18)9-3-4-10-11(6-9)15-16-14-10/h3-4,6-8,17H,5H2,1-2H3,(H,13,18)(H,14,15,16). The van der Waals surface area contributed by atoms with Gasteiger partial charge in [-0.15, -0.1) is 0 Å². The number of carbonyl (C=O) groups excluding carboxylic acids is 1. The minimum Gasteiger partial charge on any atom is -0.393 e. The SMILES string of the molecule is CC(O)CC(C)NC(=O)c1ccc2n[nH]nc2c1. The first-order valence-corrected chi connectivity index (χ1v) is 5.85. The molecular weight excluding hydrogens is 232 g/mol. The molecule has 0 aliphatic carbocycles.